The SMILES string of the molecule is O=C(CN(Cc1ccc(Cl)cc1)S(=O)(=O)c1ccc(Cl)cc1)Nc1ccc(F)c(C(F)(F)F)c1. The van der Waals surface area contributed by atoms with E-state index in [0.717, 1.165) is 10.4 Å². The first-order valence-electron chi connectivity index (χ1n) is 9.53. The molecule has 3 aromatic carbocycles. The summed E-state index contributed by atoms with van der Waals surface area (Å²) in [5.41, 5.74) is -1.39. The van der Waals surface area contributed by atoms with Crippen LogP contribution in [0, 0.1) is 5.82 Å². The zero-order valence-electron chi connectivity index (χ0n) is 17.1. The number of nitrogens with zero attached hydrogens (tertiary/aromatic N) is 1. The van der Waals surface area contributed by atoms with Gasteiger partial charge < -0.3 is 5.32 Å². The maximum Gasteiger partial charge on any atom is 0.419 e. The molecule has 0 saturated carbocycles. The number of carbonyl (C=O) groups is 1. The quantitative estimate of drug-likeness (QED) is 0.379. The molecule has 34 heavy (non-hydrogen) atoms. The Morgan fingerprint density at radius 1 is 0.912 bits per heavy atom. The number of hydrogen-bond acceptors (Lipinski definition) is 3. The Labute approximate surface area is 203 Å². The minimum absolute atomic E-state index is 0.139. The van der Waals surface area contributed by atoms with Gasteiger partial charge in [-0.05, 0) is 60.2 Å². The van der Waals surface area contributed by atoms with Crippen LogP contribution in [-0.4, -0.2) is 25.2 Å². The molecule has 0 spiro atoms. The number of rotatable bonds is 7. The highest BCUT2D eigenvalue weighted by Gasteiger charge is 2.34. The van der Waals surface area contributed by atoms with Crippen molar-refractivity contribution in [2.24, 2.45) is 0 Å². The molecule has 0 bridgehead atoms. The van der Waals surface area contributed by atoms with Crippen LogP contribution in [0.25, 0.3) is 0 Å². The summed E-state index contributed by atoms with van der Waals surface area (Å²) in [5, 5.41) is 2.91. The second-order valence-electron chi connectivity index (χ2n) is 7.09. The normalized spacial score (nSPS) is 12.1. The average Bonchev–Trinajstić information content (AvgIpc) is 2.75. The molecular weight excluding hydrogens is 519 g/mol. The van der Waals surface area contributed by atoms with Crippen LogP contribution in [0.1, 0.15) is 11.1 Å². The summed E-state index contributed by atoms with van der Waals surface area (Å²) >= 11 is 11.7. The molecule has 180 valence electrons. The molecule has 0 atom stereocenters. The molecule has 0 saturated heterocycles. The van der Waals surface area contributed by atoms with Crippen LogP contribution in [0.3, 0.4) is 0 Å². The summed E-state index contributed by atoms with van der Waals surface area (Å²) in [6.45, 7) is -0.959. The van der Waals surface area contributed by atoms with Gasteiger partial charge in [0.25, 0.3) is 0 Å². The highest BCUT2D eigenvalue weighted by atomic mass is 35.5. The predicted molar refractivity (Wildman–Crippen MR) is 121 cm³/mol. The van der Waals surface area contributed by atoms with Gasteiger partial charge in [-0.2, -0.15) is 17.5 Å². The Morgan fingerprint density at radius 3 is 2.03 bits per heavy atom. The van der Waals surface area contributed by atoms with E-state index in [1.54, 1.807) is 24.3 Å². The highest BCUT2D eigenvalue weighted by molar-refractivity contribution is 7.89. The minimum atomic E-state index is -4.97. The monoisotopic (exact) mass is 534 g/mol. The molecule has 1 amide bonds. The van der Waals surface area contributed by atoms with Crippen molar-refractivity contribution in [1.82, 2.24) is 4.31 Å². The smallest absolute Gasteiger partial charge is 0.325 e. The largest absolute Gasteiger partial charge is 0.419 e. The maximum absolute atomic E-state index is 13.5. The van der Waals surface area contributed by atoms with Crippen LogP contribution in [0.4, 0.5) is 23.2 Å². The lowest BCUT2D eigenvalue weighted by atomic mass is 10.2. The van der Waals surface area contributed by atoms with Crippen LogP contribution in [-0.2, 0) is 27.5 Å². The number of halogens is 6. The zero-order chi connectivity index (χ0) is 25.1. The summed E-state index contributed by atoms with van der Waals surface area (Å²) in [6, 6.07) is 13.4. The molecule has 3 aromatic rings. The molecule has 0 aromatic heterocycles. The standard InChI is InChI=1S/C22H16Cl2F4N2O3S/c23-15-3-1-14(2-4-15)12-30(34(32,33)18-8-5-16(24)6-9-18)13-21(31)29-17-7-10-20(25)19(11-17)22(26,27)28/h1-11H,12-13H2,(H,29,31). The molecule has 5 nitrogen and oxygen atoms in total. The molecule has 0 aliphatic heterocycles. The molecule has 1 N–H and O–H groups in total. The first kappa shape index (κ1) is 26.0. The van der Waals surface area contributed by atoms with Crippen molar-refractivity contribution < 1.29 is 30.8 Å². The Bertz CT molecular complexity index is 1280. The highest BCUT2D eigenvalue weighted by Crippen LogP contribution is 2.33. The van der Waals surface area contributed by atoms with Crippen molar-refractivity contribution in [2.75, 3.05) is 11.9 Å². The van der Waals surface area contributed by atoms with Crippen LogP contribution in [0.5, 0.6) is 0 Å². The fourth-order valence-corrected chi connectivity index (χ4v) is 4.59. The second-order valence-corrected chi connectivity index (χ2v) is 9.90. The third kappa shape index (κ3) is 6.47. The number of anilines is 1. The lowest BCUT2D eigenvalue weighted by Gasteiger charge is -2.22. The zero-order valence-corrected chi connectivity index (χ0v) is 19.4. The van der Waals surface area contributed by atoms with Gasteiger partial charge in [-0.1, -0.05) is 35.3 Å². The second kappa shape index (κ2) is 10.3. The number of carbonyl (C=O) groups excluding carboxylic acids is 1. The van der Waals surface area contributed by atoms with Gasteiger partial charge in [0, 0.05) is 22.3 Å². The first-order valence-corrected chi connectivity index (χ1v) is 11.7. The fraction of sp³-hybridized carbons (Fsp3) is 0.136. The minimum Gasteiger partial charge on any atom is -0.325 e. The van der Waals surface area contributed by atoms with E-state index in [1.807, 2.05) is 0 Å². The van der Waals surface area contributed by atoms with Crippen molar-refractivity contribution in [1.29, 1.82) is 0 Å². The van der Waals surface area contributed by atoms with Gasteiger partial charge in [-0.25, -0.2) is 12.8 Å². The van der Waals surface area contributed by atoms with Gasteiger partial charge in [-0.15, -0.1) is 0 Å². The van der Waals surface area contributed by atoms with Crippen LogP contribution in [0.2, 0.25) is 10.0 Å². The number of alkyl halides is 3. The van der Waals surface area contributed by atoms with Gasteiger partial charge in [0.05, 0.1) is 17.0 Å². The van der Waals surface area contributed by atoms with Gasteiger partial charge in [0.1, 0.15) is 5.82 Å². The molecule has 12 heteroatoms. The van der Waals surface area contributed by atoms with Crippen LogP contribution >= 0.6 is 23.2 Å². The third-order valence-electron chi connectivity index (χ3n) is 4.60. The Morgan fingerprint density at radius 2 is 1.47 bits per heavy atom. The van der Waals surface area contributed by atoms with E-state index in [1.165, 1.54) is 24.3 Å². The molecule has 0 fully saturated rings. The van der Waals surface area contributed by atoms with Crippen molar-refractivity contribution >= 4 is 44.8 Å². The average molecular weight is 535 g/mol. The van der Waals surface area contributed by atoms with E-state index in [9.17, 15) is 30.8 Å². The maximum atomic E-state index is 13.5. The summed E-state index contributed by atoms with van der Waals surface area (Å²) in [6.07, 6.45) is -4.97. The van der Waals surface area contributed by atoms with Gasteiger partial charge in [0.2, 0.25) is 15.9 Å². The lowest BCUT2D eigenvalue weighted by Crippen LogP contribution is -2.37. The van der Waals surface area contributed by atoms with E-state index in [2.05, 4.69) is 5.32 Å². The Balaban J connectivity index is 1.88. The van der Waals surface area contributed by atoms with Crippen molar-refractivity contribution in [3.63, 3.8) is 0 Å². The van der Waals surface area contributed by atoms with Crippen molar-refractivity contribution in [3.8, 4) is 0 Å². The van der Waals surface area contributed by atoms with E-state index >= 15 is 0 Å². The summed E-state index contributed by atoms with van der Waals surface area (Å²) in [7, 11) is -4.21. The predicted octanol–water partition coefficient (Wildman–Crippen LogP) is 5.98. The van der Waals surface area contributed by atoms with Crippen LogP contribution in [0.15, 0.2) is 71.6 Å². The lowest BCUT2D eigenvalue weighted by molar-refractivity contribution is -0.140. The molecule has 0 heterocycles. The molecule has 0 radical (unpaired) electrons. The Kier molecular flexibility index (Phi) is 7.87. The molecule has 0 aliphatic carbocycles. The van der Waals surface area contributed by atoms with Gasteiger partial charge >= 0.3 is 6.18 Å². The number of amides is 1. The van der Waals surface area contributed by atoms with E-state index in [0.29, 0.717) is 27.7 Å². The molecular formula is C22H16Cl2F4N2O3S. The van der Waals surface area contributed by atoms with E-state index in [4.69, 9.17) is 23.2 Å². The molecule has 0 aliphatic rings. The van der Waals surface area contributed by atoms with Gasteiger partial charge in [-0.3, -0.25) is 4.79 Å². The summed E-state index contributed by atoms with van der Waals surface area (Å²) < 4.78 is 79.7. The first-order chi connectivity index (χ1) is 15.9. The van der Waals surface area contributed by atoms with E-state index < -0.39 is 40.0 Å². The number of benzene rings is 3. The third-order valence-corrected chi connectivity index (χ3v) is 6.91. The molecule has 0 unspecified atom stereocenters. The summed E-state index contributed by atoms with van der Waals surface area (Å²) in [5.74, 6) is -2.42. The van der Waals surface area contributed by atoms with Crippen molar-refractivity contribution in [3.05, 3.63) is 93.7 Å². The van der Waals surface area contributed by atoms with Crippen molar-refractivity contribution in [2.45, 2.75) is 17.6 Å². The number of hydrogen-bond donors (Lipinski definition) is 1. The van der Waals surface area contributed by atoms with E-state index in [-0.39, 0.29) is 17.1 Å². The number of nitrogens with one attached hydrogen (secondary N) is 1. The molecule has 3 rings (SSSR count). The number of sulfonamides is 1. The van der Waals surface area contributed by atoms with Crippen LogP contribution < -0.4 is 5.32 Å². The van der Waals surface area contributed by atoms with Gasteiger partial charge in [0.15, 0.2) is 0 Å². The fourth-order valence-electron chi connectivity index (χ4n) is 2.96. The summed E-state index contributed by atoms with van der Waals surface area (Å²) in [4.78, 5) is 12.5. The topological polar surface area (TPSA) is 66.5 Å². The Hall–Kier alpha value is -2.66.